The van der Waals surface area contributed by atoms with E-state index < -0.39 is 5.54 Å². The quantitative estimate of drug-likeness (QED) is 0.844. The summed E-state index contributed by atoms with van der Waals surface area (Å²) >= 11 is 0. The highest BCUT2D eigenvalue weighted by Gasteiger charge is 2.46. The first-order valence-corrected chi connectivity index (χ1v) is 7.85. The van der Waals surface area contributed by atoms with E-state index >= 15 is 0 Å². The lowest BCUT2D eigenvalue weighted by molar-refractivity contribution is -0.139. The van der Waals surface area contributed by atoms with Gasteiger partial charge in [0.25, 0.3) is 0 Å². The molecule has 4 heteroatoms. The SMILES string of the molecule is CC(CN1CCC(=O)NC2(CCCC2)C1=O)C(C)(C)C. The highest BCUT2D eigenvalue weighted by Crippen LogP contribution is 2.34. The Morgan fingerprint density at radius 1 is 1.25 bits per heavy atom. The van der Waals surface area contributed by atoms with Gasteiger partial charge in [0.2, 0.25) is 11.8 Å². The smallest absolute Gasteiger partial charge is 0.248 e. The first-order valence-electron chi connectivity index (χ1n) is 7.85. The molecule has 1 aliphatic heterocycles. The fraction of sp³-hybridized carbons (Fsp3) is 0.875. The van der Waals surface area contributed by atoms with Crippen LogP contribution in [0, 0.1) is 11.3 Å². The van der Waals surface area contributed by atoms with Crippen LogP contribution in [0.15, 0.2) is 0 Å². The van der Waals surface area contributed by atoms with Gasteiger partial charge in [-0.05, 0) is 24.2 Å². The first-order chi connectivity index (χ1) is 9.24. The number of hydrogen-bond acceptors (Lipinski definition) is 2. The molecular formula is C16H28N2O2. The summed E-state index contributed by atoms with van der Waals surface area (Å²) in [5.41, 5.74) is -0.419. The van der Waals surface area contributed by atoms with Crippen LogP contribution < -0.4 is 5.32 Å². The van der Waals surface area contributed by atoms with Crippen LogP contribution in [0.25, 0.3) is 0 Å². The van der Waals surface area contributed by atoms with Gasteiger partial charge in [-0.3, -0.25) is 9.59 Å². The Bertz CT molecular complexity index is 392. The summed E-state index contributed by atoms with van der Waals surface area (Å²) in [5, 5.41) is 3.02. The van der Waals surface area contributed by atoms with Crippen molar-refractivity contribution >= 4 is 11.8 Å². The van der Waals surface area contributed by atoms with Gasteiger partial charge in [0.1, 0.15) is 5.54 Å². The molecule has 0 aromatic rings. The second kappa shape index (κ2) is 5.38. The predicted octanol–water partition coefficient (Wildman–Crippen LogP) is 2.33. The number of carbonyl (C=O) groups is 2. The summed E-state index contributed by atoms with van der Waals surface area (Å²) in [4.78, 5) is 26.7. The zero-order valence-corrected chi connectivity index (χ0v) is 13.3. The van der Waals surface area contributed by atoms with E-state index in [0.717, 1.165) is 32.2 Å². The van der Waals surface area contributed by atoms with Gasteiger partial charge in [-0.15, -0.1) is 0 Å². The summed E-state index contributed by atoms with van der Waals surface area (Å²) in [6.45, 7) is 10.1. The van der Waals surface area contributed by atoms with Gasteiger partial charge in [0, 0.05) is 19.5 Å². The van der Waals surface area contributed by atoms with Crippen LogP contribution in [0.2, 0.25) is 0 Å². The first kappa shape index (κ1) is 15.3. The van der Waals surface area contributed by atoms with Crippen LogP contribution in [-0.4, -0.2) is 35.3 Å². The Balaban J connectivity index is 2.16. The Labute approximate surface area is 122 Å². The van der Waals surface area contributed by atoms with Crippen LogP contribution in [0.1, 0.15) is 59.8 Å². The Kier molecular flexibility index (Phi) is 4.12. The van der Waals surface area contributed by atoms with Gasteiger partial charge in [0.15, 0.2) is 0 Å². The molecule has 1 unspecified atom stereocenters. The molecule has 4 nitrogen and oxygen atoms in total. The number of carbonyl (C=O) groups excluding carboxylic acids is 2. The van der Waals surface area contributed by atoms with Crippen LogP contribution in [0.5, 0.6) is 0 Å². The number of nitrogens with zero attached hydrogens (tertiary/aromatic N) is 1. The molecule has 0 aromatic heterocycles. The normalized spacial score (nSPS) is 24.7. The predicted molar refractivity (Wildman–Crippen MR) is 79.2 cm³/mol. The maximum Gasteiger partial charge on any atom is 0.248 e. The molecule has 1 atom stereocenters. The second-order valence-corrected chi connectivity index (χ2v) is 7.61. The highest BCUT2D eigenvalue weighted by molar-refractivity contribution is 5.93. The molecule has 0 bridgehead atoms. The van der Waals surface area contributed by atoms with Crippen molar-refractivity contribution in [3.8, 4) is 0 Å². The van der Waals surface area contributed by atoms with E-state index in [1.165, 1.54) is 0 Å². The monoisotopic (exact) mass is 280 g/mol. The van der Waals surface area contributed by atoms with Gasteiger partial charge in [-0.1, -0.05) is 40.5 Å². The second-order valence-electron chi connectivity index (χ2n) is 7.61. The number of hydrogen-bond donors (Lipinski definition) is 1. The lowest BCUT2D eigenvalue weighted by Crippen LogP contribution is -2.56. The molecule has 1 saturated carbocycles. The molecule has 2 aliphatic rings. The van der Waals surface area contributed by atoms with Crippen LogP contribution in [0.4, 0.5) is 0 Å². The van der Waals surface area contributed by atoms with Crippen molar-refractivity contribution in [1.29, 1.82) is 0 Å². The minimum absolute atomic E-state index is 0.0335. The minimum Gasteiger partial charge on any atom is -0.342 e. The van der Waals surface area contributed by atoms with E-state index in [1.807, 2.05) is 4.90 Å². The third-order valence-electron chi connectivity index (χ3n) is 5.11. The van der Waals surface area contributed by atoms with Crippen molar-refractivity contribution in [3.63, 3.8) is 0 Å². The minimum atomic E-state index is -0.592. The van der Waals surface area contributed by atoms with Gasteiger partial charge >= 0.3 is 0 Å². The van der Waals surface area contributed by atoms with Gasteiger partial charge < -0.3 is 10.2 Å². The Morgan fingerprint density at radius 3 is 2.40 bits per heavy atom. The van der Waals surface area contributed by atoms with E-state index in [2.05, 4.69) is 33.0 Å². The summed E-state index contributed by atoms with van der Waals surface area (Å²) in [6, 6.07) is 0. The van der Waals surface area contributed by atoms with Gasteiger partial charge in [-0.25, -0.2) is 0 Å². The molecule has 1 aliphatic carbocycles. The molecule has 20 heavy (non-hydrogen) atoms. The van der Waals surface area contributed by atoms with E-state index in [9.17, 15) is 9.59 Å². The van der Waals surface area contributed by atoms with Gasteiger partial charge in [-0.2, -0.15) is 0 Å². The zero-order chi connectivity index (χ0) is 15.0. The molecule has 1 heterocycles. The van der Waals surface area contributed by atoms with Crippen LogP contribution in [-0.2, 0) is 9.59 Å². The van der Waals surface area contributed by atoms with E-state index in [4.69, 9.17) is 0 Å². The Hall–Kier alpha value is -1.06. The van der Waals surface area contributed by atoms with Crippen molar-refractivity contribution < 1.29 is 9.59 Å². The summed E-state index contributed by atoms with van der Waals surface area (Å²) in [7, 11) is 0. The molecule has 114 valence electrons. The molecule has 2 fully saturated rings. The van der Waals surface area contributed by atoms with Crippen LogP contribution >= 0.6 is 0 Å². The molecule has 0 radical (unpaired) electrons. The molecule has 0 aromatic carbocycles. The number of nitrogens with one attached hydrogen (secondary N) is 1. The maximum atomic E-state index is 12.9. The fourth-order valence-corrected chi connectivity index (χ4v) is 3.12. The molecule has 1 saturated heterocycles. The third-order valence-corrected chi connectivity index (χ3v) is 5.11. The lowest BCUT2D eigenvalue weighted by atomic mass is 9.81. The van der Waals surface area contributed by atoms with E-state index in [-0.39, 0.29) is 17.2 Å². The summed E-state index contributed by atoms with van der Waals surface area (Å²) in [6.07, 6.45) is 4.11. The third kappa shape index (κ3) is 2.99. The number of rotatable bonds is 2. The molecule has 1 N–H and O–H groups in total. The van der Waals surface area contributed by atoms with Gasteiger partial charge in [0.05, 0.1) is 0 Å². The van der Waals surface area contributed by atoms with E-state index in [1.54, 1.807) is 0 Å². The van der Waals surface area contributed by atoms with Crippen molar-refractivity contribution in [2.24, 2.45) is 11.3 Å². The summed E-state index contributed by atoms with van der Waals surface area (Å²) in [5.74, 6) is 0.598. The van der Waals surface area contributed by atoms with Crippen molar-refractivity contribution in [2.75, 3.05) is 13.1 Å². The zero-order valence-electron chi connectivity index (χ0n) is 13.3. The van der Waals surface area contributed by atoms with E-state index in [0.29, 0.717) is 18.9 Å². The molecule has 2 rings (SSSR count). The van der Waals surface area contributed by atoms with Crippen molar-refractivity contribution in [1.82, 2.24) is 10.2 Å². The number of amides is 2. The summed E-state index contributed by atoms with van der Waals surface area (Å²) < 4.78 is 0. The average Bonchev–Trinajstić information content (AvgIpc) is 2.77. The largest absolute Gasteiger partial charge is 0.342 e. The Morgan fingerprint density at radius 2 is 1.85 bits per heavy atom. The average molecular weight is 280 g/mol. The maximum absolute atomic E-state index is 12.9. The topological polar surface area (TPSA) is 49.4 Å². The lowest BCUT2D eigenvalue weighted by Gasteiger charge is -2.36. The molecule has 1 spiro atoms. The molecular weight excluding hydrogens is 252 g/mol. The fourth-order valence-electron chi connectivity index (χ4n) is 3.12. The highest BCUT2D eigenvalue weighted by atomic mass is 16.2. The molecule has 2 amide bonds. The van der Waals surface area contributed by atoms with Crippen molar-refractivity contribution in [2.45, 2.75) is 65.3 Å². The van der Waals surface area contributed by atoms with Crippen molar-refractivity contribution in [3.05, 3.63) is 0 Å². The van der Waals surface area contributed by atoms with Crippen LogP contribution in [0.3, 0.4) is 0 Å². The standard InChI is InChI=1S/C16H28N2O2/c1-12(15(2,3)4)11-18-10-7-13(19)17-16(14(18)20)8-5-6-9-16/h12H,5-11H2,1-4H3,(H,17,19).